The van der Waals surface area contributed by atoms with Gasteiger partial charge in [-0.1, -0.05) is 15.9 Å². The average molecular weight is 418 g/mol. The summed E-state index contributed by atoms with van der Waals surface area (Å²) in [6.45, 7) is 3.05. The third-order valence-corrected chi connectivity index (χ3v) is 5.14. The zero-order valence-electron chi connectivity index (χ0n) is 14.7. The van der Waals surface area contributed by atoms with E-state index in [0.717, 1.165) is 21.5 Å². The highest BCUT2D eigenvalue weighted by atomic mass is 79.9. The van der Waals surface area contributed by atoms with E-state index in [1.165, 1.54) is 0 Å². The number of anilines is 2. The minimum absolute atomic E-state index is 0.0284. The first-order chi connectivity index (χ1) is 12.5. The Labute approximate surface area is 160 Å². The van der Waals surface area contributed by atoms with Crippen molar-refractivity contribution in [3.63, 3.8) is 0 Å². The smallest absolute Gasteiger partial charge is 0.325 e. The van der Waals surface area contributed by atoms with Gasteiger partial charge >= 0.3 is 6.03 Å². The Morgan fingerprint density at radius 1 is 1.19 bits per heavy atom. The van der Waals surface area contributed by atoms with Crippen LogP contribution in [0.15, 0.2) is 46.9 Å². The van der Waals surface area contributed by atoms with Crippen molar-refractivity contribution in [1.82, 2.24) is 4.90 Å². The SMILES string of the molecule is COc1ccc(N2CCN(CC(=O)Nc3ccc(Br)c(C)c3)C2=O)cc1. The van der Waals surface area contributed by atoms with Gasteiger partial charge in [-0.05, 0) is 55.0 Å². The van der Waals surface area contributed by atoms with Crippen molar-refractivity contribution >= 4 is 39.2 Å². The summed E-state index contributed by atoms with van der Waals surface area (Å²) in [5, 5.41) is 2.84. The van der Waals surface area contributed by atoms with E-state index in [-0.39, 0.29) is 18.5 Å². The molecule has 2 aromatic rings. The van der Waals surface area contributed by atoms with Crippen molar-refractivity contribution < 1.29 is 14.3 Å². The highest BCUT2D eigenvalue weighted by molar-refractivity contribution is 9.10. The van der Waals surface area contributed by atoms with Crippen LogP contribution in [0.2, 0.25) is 0 Å². The minimum atomic E-state index is -0.211. The van der Waals surface area contributed by atoms with Crippen LogP contribution in [0.3, 0.4) is 0 Å². The van der Waals surface area contributed by atoms with Crippen LogP contribution in [-0.2, 0) is 4.79 Å². The summed E-state index contributed by atoms with van der Waals surface area (Å²) in [7, 11) is 1.60. The molecule has 0 saturated carbocycles. The van der Waals surface area contributed by atoms with Gasteiger partial charge in [-0.15, -0.1) is 0 Å². The van der Waals surface area contributed by atoms with E-state index < -0.39 is 0 Å². The monoisotopic (exact) mass is 417 g/mol. The normalized spacial score (nSPS) is 13.9. The lowest BCUT2D eigenvalue weighted by molar-refractivity contribution is -0.116. The molecule has 0 aromatic heterocycles. The number of methoxy groups -OCH3 is 1. The van der Waals surface area contributed by atoms with Gasteiger partial charge in [0.2, 0.25) is 5.91 Å². The maximum Gasteiger partial charge on any atom is 0.325 e. The van der Waals surface area contributed by atoms with Crippen molar-refractivity contribution in [1.29, 1.82) is 0 Å². The largest absolute Gasteiger partial charge is 0.497 e. The van der Waals surface area contributed by atoms with Crippen LogP contribution in [0.25, 0.3) is 0 Å². The summed E-state index contributed by atoms with van der Waals surface area (Å²) in [5.41, 5.74) is 2.54. The summed E-state index contributed by atoms with van der Waals surface area (Å²) in [6.07, 6.45) is 0. The van der Waals surface area contributed by atoms with E-state index >= 15 is 0 Å². The summed E-state index contributed by atoms with van der Waals surface area (Å²) in [6, 6.07) is 12.7. The van der Waals surface area contributed by atoms with E-state index in [1.807, 2.05) is 49.4 Å². The lowest BCUT2D eigenvalue weighted by atomic mass is 10.2. The first-order valence-corrected chi connectivity index (χ1v) is 9.04. The fraction of sp³-hybridized carbons (Fsp3) is 0.263. The highest BCUT2D eigenvalue weighted by Gasteiger charge is 2.30. The lowest BCUT2D eigenvalue weighted by Gasteiger charge is -2.18. The first-order valence-electron chi connectivity index (χ1n) is 8.24. The van der Waals surface area contributed by atoms with Gasteiger partial charge in [0.15, 0.2) is 0 Å². The molecular formula is C19H20BrN3O3. The molecule has 3 rings (SSSR count). The van der Waals surface area contributed by atoms with Crippen LogP contribution in [0.5, 0.6) is 5.75 Å². The van der Waals surface area contributed by atoms with Crippen LogP contribution in [0.4, 0.5) is 16.2 Å². The highest BCUT2D eigenvalue weighted by Crippen LogP contribution is 2.23. The van der Waals surface area contributed by atoms with Gasteiger partial charge in [0.25, 0.3) is 0 Å². The molecular weight excluding hydrogens is 398 g/mol. The molecule has 0 spiro atoms. The maximum absolute atomic E-state index is 12.6. The van der Waals surface area contributed by atoms with Gasteiger partial charge in [-0.25, -0.2) is 4.79 Å². The van der Waals surface area contributed by atoms with Crippen molar-refractivity contribution in [3.8, 4) is 5.75 Å². The molecule has 1 fully saturated rings. The van der Waals surface area contributed by atoms with Crippen molar-refractivity contribution in [2.24, 2.45) is 0 Å². The van der Waals surface area contributed by atoms with Crippen LogP contribution in [0.1, 0.15) is 5.56 Å². The Hall–Kier alpha value is -2.54. The number of nitrogens with one attached hydrogen (secondary N) is 1. The summed E-state index contributed by atoms with van der Waals surface area (Å²) in [5.74, 6) is 0.526. The number of ether oxygens (including phenoxy) is 1. The number of rotatable bonds is 5. The van der Waals surface area contributed by atoms with Crippen LogP contribution >= 0.6 is 15.9 Å². The Bertz CT molecular complexity index is 823. The number of nitrogens with zero attached hydrogens (tertiary/aromatic N) is 2. The Morgan fingerprint density at radius 3 is 2.58 bits per heavy atom. The Balaban J connectivity index is 1.60. The molecule has 3 amide bonds. The molecule has 0 atom stereocenters. The molecule has 7 heteroatoms. The number of hydrogen-bond acceptors (Lipinski definition) is 3. The van der Waals surface area contributed by atoms with Gasteiger partial charge in [0.1, 0.15) is 12.3 Å². The van der Waals surface area contributed by atoms with E-state index in [2.05, 4.69) is 21.2 Å². The quantitative estimate of drug-likeness (QED) is 0.807. The van der Waals surface area contributed by atoms with Crippen LogP contribution < -0.4 is 15.0 Å². The van der Waals surface area contributed by atoms with Crippen molar-refractivity contribution in [2.45, 2.75) is 6.92 Å². The van der Waals surface area contributed by atoms with Gasteiger partial charge in [-0.3, -0.25) is 9.69 Å². The number of carbonyl (C=O) groups excluding carboxylic acids is 2. The molecule has 1 aliphatic heterocycles. The Morgan fingerprint density at radius 2 is 1.92 bits per heavy atom. The van der Waals surface area contributed by atoms with Crippen molar-refractivity contribution in [3.05, 3.63) is 52.5 Å². The number of hydrogen-bond donors (Lipinski definition) is 1. The van der Waals surface area contributed by atoms with Crippen LogP contribution in [-0.4, -0.2) is 43.6 Å². The Kier molecular flexibility index (Phi) is 5.46. The zero-order valence-corrected chi connectivity index (χ0v) is 16.2. The second-order valence-corrected chi connectivity index (χ2v) is 6.92. The molecule has 26 heavy (non-hydrogen) atoms. The molecule has 1 N–H and O–H groups in total. The predicted octanol–water partition coefficient (Wildman–Crippen LogP) is 3.65. The maximum atomic E-state index is 12.6. The van der Waals surface area contributed by atoms with Gasteiger partial charge in [0, 0.05) is 28.9 Å². The van der Waals surface area contributed by atoms with Gasteiger partial charge in [-0.2, -0.15) is 0 Å². The van der Waals surface area contributed by atoms with Gasteiger partial charge < -0.3 is 15.0 Å². The van der Waals surface area contributed by atoms with Crippen molar-refractivity contribution in [2.75, 3.05) is 37.0 Å². The summed E-state index contributed by atoms with van der Waals surface area (Å²) >= 11 is 3.43. The molecule has 0 unspecified atom stereocenters. The molecule has 2 aromatic carbocycles. The molecule has 0 aliphatic carbocycles. The molecule has 1 saturated heterocycles. The molecule has 0 bridgehead atoms. The lowest BCUT2D eigenvalue weighted by Crippen LogP contribution is -2.37. The van der Waals surface area contributed by atoms with E-state index in [4.69, 9.17) is 4.74 Å². The summed E-state index contributed by atoms with van der Waals surface area (Å²) in [4.78, 5) is 28.1. The second-order valence-electron chi connectivity index (χ2n) is 6.07. The molecule has 0 radical (unpaired) electrons. The van der Waals surface area contributed by atoms with Crippen LogP contribution in [0, 0.1) is 6.92 Å². The number of aryl methyl sites for hydroxylation is 1. The molecule has 6 nitrogen and oxygen atoms in total. The number of benzene rings is 2. The number of urea groups is 1. The third-order valence-electron chi connectivity index (χ3n) is 4.26. The third kappa shape index (κ3) is 3.99. The number of amides is 3. The van der Waals surface area contributed by atoms with E-state index in [0.29, 0.717) is 18.8 Å². The molecule has 136 valence electrons. The zero-order chi connectivity index (χ0) is 18.7. The summed E-state index contributed by atoms with van der Waals surface area (Å²) < 4.78 is 6.12. The number of halogens is 1. The predicted molar refractivity (Wildman–Crippen MR) is 105 cm³/mol. The fourth-order valence-electron chi connectivity index (χ4n) is 2.83. The standard InChI is InChI=1S/C19H20BrN3O3/c1-13-11-14(3-8-17(13)20)21-18(24)12-22-9-10-23(19(22)25)15-4-6-16(26-2)7-5-15/h3-8,11H,9-10,12H2,1-2H3,(H,21,24). The first kappa shape index (κ1) is 18.3. The average Bonchev–Trinajstić information content (AvgIpc) is 2.99. The van der Waals surface area contributed by atoms with Gasteiger partial charge in [0.05, 0.1) is 7.11 Å². The second kappa shape index (κ2) is 7.78. The fourth-order valence-corrected chi connectivity index (χ4v) is 3.07. The van der Waals surface area contributed by atoms with E-state index in [9.17, 15) is 9.59 Å². The topological polar surface area (TPSA) is 61.9 Å². The molecule has 1 aliphatic rings. The minimum Gasteiger partial charge on any atom is -0.497 e. The van der Waals surface area contributed by atoms with E-state index in [1.54, 1.807) is 16.9 Å². The molecule has 1 heterocycles. The number of carbonyl (C=O) groups is 2.